The van der Waals surface area contributed by atoms with Crippen LogP contribution in [0.3, 0.4) is 0 Å². The van der Waals surface area contributed by atoms with E-state index in [1.807, 2.05) is 31.2 Å². The lowest BCUT2D eigenvalue weighted by Gasteiger charge is -2.14. The van der Waals surface area contributed by atoms with Gasteiger partial charge in [-0.05, 0) is 43.7 Å². The van der Waals surface area contributed by atoms with Crippen molar-refractivity contribution in [3.05, 3.63) is 63.4 Å². The zero-order valence-electron chi connectivity index (χ0n) is 16.0. The fraction of sp³-hybridized carbons (Fsp3) is 0.200. The van der Waals surface area contributed by atoms with Crippen LogP contribution in [0.25, 0.3) is 16.7 Å². The average molecular weight is 428 g/mol. The Hall–Kier alpha value is -2.84. The van der Waals surface area contributed by atoms with Crippen LogP contribution in [0.2, 0.25) is 5.02 Å². The van der Waals surface area contributed by atoms with E-state index in [4.69, 9.17) is 11.6 Å². The van der Waals surface area contributed by atoms with Gasteiger partial charge in [0.05, 0.1) is 16.2 Å². The number of thioether (sulfide) groups is 1. The summed E-state index contributed by atoms with van der Waals surface area (Å²) in [7, 11) is 1.66. The number of rotatable bonds is 4. The van der Waals surface area contributed by atoms with Crippen molar-refractivity contribution < 1.29 is 4.79 Å². The van der Waals surface area contributed by atoms with Crippen LogP contribution in [0.5, 0.6) is 0 Å². The second-order valence-corrected chi connectivity index (χ2v) is 8.38. The molecule has 29 heavy (non-hydrogen) atoms. The molecule has 0 aliphatic carbocycles. The maximum Gasteiger partial charge on any atom is 0.262 e. The summed E-state index contributed by atoms with van der Waals surface area (Å²) in [5, 5.41) is 12.5. The first-order chi connectivity index (χ1) is 13.9. The van der Waals surface area contributed by atoms with E-state index >= 15 is 0 Å². The number of benzene rings is 2. The quantitative estimate of drug-likeness (QED) is 0.502. The molecule has 9 heteroatoms. The predicted molar refractivity (Wildman–Crippen MR) is 116 cm³/mol. The predicted octanol–water partition coefficient (Wildman–Crippen LogP) is 3.66. The van der Waals surface area contributed by atoms with Crippen molar-refractivity contribution in [2.24, 2.45) is 7.05 Å². The minimum absolute atomic E-state index is 0.140. The number of nitrogens with one attached hydrogen (secondary N) is 1. The fourth-order valence-corrected chi connectivity index (χ4v) is 4.11. The number of fused-ring (bicyclic) bond motifs is 3. The molecule has 0 saturated carbocycles. The summed E-state index contributed by atoms with van der Waals surface area (Å²) in [5.74, 6) is 0.251. The molecule has 1 atom stereocenters. The molecule has 0 saturated heterocycles. The van der Waals surface area contributed by atoms with Crippen LogP contribution in [-0.2, 0) is 11.8 Å². The van der Waals surface area contributed by atoms with Crippen molar-refractivity contribution in [2.45, 2.75) is 24.3 Å². The monoisotopic (exact) mass is 427 g/mol. The molecule has 2 aromatic carbocycles. The van der Waals surface area contributed by atoms with Crippen molar-refractivity contribution in [2.75, 3.05) is 5.32 Å². The number of amides is 1. The molecule has 1 N–H and O–H groups in total. The third-order valence-corrected chi connectivity index (χ3v) is 6.23. The highest BCUT2D eigenvalue weighted by atomic mass is 35.5. The lowest BCUT2D eigenvalue weighted by Crippen LogP contribution is -2.23. The maximum atomic E-state index is 12.7. The second-order valence-electron chi connectivity index (χ2n) is 6.66. The van der Waals surface area contributed by atoms with Gasteiger partial charge in [0, 0.05) is 17.8 Å². The van der Waals surface area contributed by atoms with Gasteiger partial charge in [-0.3, -0.25) is 18.6 Å². The minimum atomic E-state index is -0.447. The van der Waals surface area contributed by atoms with Crippen molar-refractivity contribution in [1.82, 2.24) is 19.2 Å². The van der Waals surface area contributed by atoms with Gasteiger partial charge in [-0.25, -0.2) is 0 Å². The molecule has 0 aliphatic heterocycles. The van der Waals surface area contributed by atoms with Crippen LogP contribution >= 0.6 is 23.4 Å². The number of carbonyl (C=O) groups excluding carboxylic acids is 1. The number of aryl methyl sites for hydroxylation is 1. The molecule has 7 nitrogen and oxygen atoms in total. The Kier molecular flexibility index (Phi) is 5.06. The Morgan fingerprint density at radius 3 is 2.72 bits per heavy atom. The Labute approximate surface area is 175 Å². The molecule has 2 heterocycles. The van der Waals surface area contributed by atoms with Crippen LogP contribution in [0.1, 0.15) is 12.5 Å². The second kappa shape index (κ2) is 7.53. The molecule has 1 amide bonds. The number of anilines is 1. The van der Waals surface area contributed by atoms with Crippen LogP contribution in [0.15, 0.2) is 52.4 Å². The van der Waals surface area contributed by atoms with Gasteiger partial charge in [0.25, 0.3) is 5.56 Å². The Bertz CT molecular complexity index is 1310. The number of para-hydroxylation sites is 1. The highest BCUT2D eigenvalue weighted by Crippen LogP contribution is 2.27. The molecule has 1 unspecified atom stereocenters. The smallest absolute Gasteiger partial charge is 0.262 e. The Morgan fingerprint density at radius 2 is 1.93 bits per heavy atom. The number of nitrogens with zero attached hydrogens (tertiary/aromatic N) is 4. The summed E-state index contributed by atoms with van der Waals surface area (Å²) in [6.45, 7) is 3.65. The van der Waals surface area contributed by atoms with Crippen molar-refractivity contribution in [1.29, 1.82) is 0 Å². The van der Waals surface area contributed by atoms with Crippen molar-refractivity contribution in [3.63, 3.8) is 0 Å². The lowest BCUT2D eigenvalue weighted by molar-refractivity contribution is -0.115. The highest BCUT2D eigenvalue weighted by Gasteiger charge is 2.21. The van der Waals surface area contributed by atoms with Crippen molar-refractivity contribution in [3.8, 4) is 0 Å². The first kappa shape index (κ1) is 19.5. The van der Waals surface area contributed by atoms with E-state index in [-0.39, 0.29) is 11.5 Å². The van der Waals surface area contributed by atoms with Crippen molar-refractivity contribution >= 4 is 51.6 Å². The van der Waals surface area contributed by atoms with E-state index in [0.717, 1.165) is 5.56 Å². The van der Waals surface area contributed by atoms with E-state index in [2.05, 4.69) is 15.5 Å². The maximum absolute atomic E-state index is 12.7. The van der Waals surface area contributed by atoms with E-state index in [1.165, 1.54) is 16.3 Å². The number of carbonyl (C=O) groups is 1. The summed E-state index contributed by atoms with van der Waals surface area (Å²) in [5.41, 5.74) is 2.05. The number of halogens is 1. The Balaban J connectivity index is 1.68. The van der Waals surface area contributed by atoms with Crippen LogP contribution in [-0.4, -0.2) is 30.3 Å². The molecule has 0 spiro atoms. The zero-order valence-corrected chi connectivity index (χ0v) is 17.6. The zero-order chi connectivity index (χ0) is 20.7. The van der Waals surface area contributed by atoms with Gasteiger partial charge in [0.15, 0.2) is 5.16 Å². The lowest BCUT2D eigenvalue weighted by atomic mass is 10.2. The third kappa shape index (κ3) is 3.38. The van der Waals surface area contributed by atoms with E-state index in [0.29, 0.717) is 32.5 Å². The first-order valence-electron chi connectivity index (χ1n) is 8.94. The molecule has 0 bridgehead atoms. The minimum Gasteiger partial charge on any atom is -0.325 e. The molecule has 148 valence electrons. The number of aromatic nitrogens is 4. The van der Waals surface area contributed by atoms with E-state index in [1.54, 1.807) is 36.6 Å². The summed E-state index contributed by atoms with van der Waals surface area (Å²) < 4.78 is 3.26. The number of hydrogen-bond donors (Lipinski definition) is 1. The molecular weight excluding hydrogens is 410 g/mol. The summed E-state index contributed by atoms with van der Waals surface area (Å²) in [4.78, 5) is 25.3. The molecule has 0 aliphatic rings. The summed E-state index contributed by atoms with van der Waals surface area (Å²) >= 11 is 7.41. The van der Waals surface area contributed by atoms with E-state index < -0.39 is 5.25 Å². The van der Waals surface area contributed by atoms with Crippen LogP contribution in [0.4, 0.5) is 5.69 Å². The highest BCUT2D eigenvalue weighted by molar-refractivity contribution is 8.00. The number of hydrogen-bond acceptors (Lipinski definition) is 5. The van der Waals surface area contributed by atoms with Gasteiger partial charge in [-0.15, -0.1) is 10.2 Å². The first-order valence-corrected chi connectivity index (χ1v) is 10.2. The summed E-state index contributed by atoms with van der Waals surface area (Å²) in [6.07, 6.45) is 0. The van der Waals surface area contributed by atoms with Gasteiger partial charge in [-0.1, -0.05) is 41.6 Å². The van der Waals surface area contributed by atoms with Gasteiger partial charge >= 0.3 is 0 Å². The largest absolute Gasteiger partial charge is 0.325 e. The molecule has 4 rings (SSSR count). The normalized spacial score (nSPS) is 12.4. The standard InChI is InChI=1S/C20H18ClN5O2S/c1-11-14(21)8-6-9-15(11)22-17(27)12(2)29-20-24-23-19-25(3)18(28)13-7-4-5-10-16(13)26(19)20/h4-10,12H,1-3H3,(H,22,27). The summed E-state index contributed by atoms with van der Waals surface area (Å²) in [6, 6.07) is 12.7. The van der Waals surface area contributed by atoms with Gasteiger partial charge in [-0.2, -0.15) is 0 Å². The Morgan fingerprint density at radius 1 is 1.17 bits per heavy atom. The molecule has 2 aromatic heterocycles. The van der Waals surface area contributed by atoms with Gasteiger partial charge in [0.1, 0.15) is 0 Å². The van der Waals surface area contributed by atoms with Crippen LogP contribution in [0, 0.1) is 6.92 Å². The van der Waals surface area contributed by atoms with E-state index in [9.17, 15) is 9.59 Å². The van der Waals surface area contributed by atoms with Gasteiger partial charge < -0.3 is 5.32 Å². The third-order valence-electron chi connectivity index (χ3n) is 4.77. The van der Waals surface area contributed by atoms with Gasteiger partial charge in [0.2, 0.25) is 11.7 Å². The molecule has 0 fully saturated rings. The molecular formula is C20H18ClN5O2S. The van der Waals surface area contributed by atoms with Crippen LogP contribution < -0.4 is 10.9 Å². The fourth-order valence-electron chi connectivity index (χ4n) is 3.08. The molecule has 4 aromatic rings. The SMILES string of the molecule is Cc1c(Cl)cccc1NC(=O)C(C)Sc1nnc2n(C)c(=O)c3ccccc3n12. The molecule has 0 radical (unpaired) electrons. The topological polar surface area (TPSA) is 81.3 Å². The average Bonchev–Trinajstić information content (AvgIpc) is 3.13.